The standard InChI is InChI=1S/C22H19ClF4N2O3S/c1-11-5-12(3-4-15(11)20(30)28-14-9-33(31)10-14)18-8-21(2,32-29-18)16-6-13(22(25,26)27)7-17(23)19(16)24/h3-7,14H,8-10H2,1-2H3,(H,28,30). The summed E-state index contributed by atoms with van der Waals surface area (Å²) in [5.74, 6) is -0.406. The zero-order chi connectivity index (χ0) is 24.1. The maximum absolute atomic E-state index is 14.7. The Balaban J connectivity index is 1.55. The number of carbonyl (C=O) groups excluding carboxylic acids is 1. The normalized spacial score (nSPS) is 24.6. The fourth-order valence-electron chi connectivity index (χ4n) is 3.82. The van der Waals surface area contributed by atoms with Crippen LogP contribution in [0.15, 0.2) is 35.5 Å². The van der Waals surface area contributed by atoms with Crippen molar-refractivity contribution in [2.75, 3.05) is 11.5 Å². The lowest BCUT2D eigenvalue weighted by molar-refractivity contribution is -0.137. The van der Waals surface area contributed by atoms with Crippen LogP contribution in [0, 0.1) is 12.7 Å². The lowest BCUT2D eigenvalue weighted by Gasteiger charge is -2.26. The molecule has 1 atom stereocenters. The summed E-state index contributed by atoms with van der Waals surface area (Å²) in [6, 6.07) is 6.07. The number of rotatable bonds is 4. The van der Waals surface area contributed by atoms with Gasteiger partial charge in [-0.2, -0.15) is 13.2 Å². The van der Waals surface area contributed by atoms with Crippen molar-refractivity contribution >= 4 is 34.0 Å². The van der Waals surface area contributed by atoms with Gasteiger partial charge in [0.15, 0.2) is 5.60 Å². The fourth-order valence-corrected chi connectivity index (χ4v) is 5.01. The van der Waals surface area contributed by atoms with E-state index in [0.717, 1.165) is 0 Å². The van der Waals surface area contributed by atoms with E-state index in [1.165, 1.54) is 6.92 Å². The molecular weight excluding hydrogens is 484 g/mol. The minimum absolute atomic E-state index is 0.000427. The van der Waals surface area contributed by atoms with Gasteiger partial charge in [0.25, 0.3) is 5.91 Å². The second-order valence-electron chi connectivity index (χ2n) is 8.33. The third-order valence-corrected chi connectivity index (χ3v) is 7.52. The first-order chi connectivity index (χ1) is 15.4. The number of amides is 1. The Bertz CT molecular complexity index is 1190. The van der Waals surface area contributed by atoms with Crippen LogP contribution in [-0.2, 0) is 27.4 Å². The van der Waals surface area contributed by atoms with Gasteiger partial charge in [0.2, 0.25) is 0 Å². The van der Waals surface area contributed by atoms with E-state index in [1.807, 2.05) is 0 Å². The van der Waals surface area contributed by atoms with Crippen LogP contribution in [0.4, 0.5) is 17.6 Å². The Labute approximate surface area is 194 Å². The highest BCUT2D eigenvalue weighted by Gasteiger charge is 2.42. The summed E-state index contributed by atoms with van der Waals surface area (Å²) >= 11 is 5.72. The third kappa shape index (κ3) is 4.63. The van der Waals surface area contributed by atoms with Gasteiger partial charge in [-0.25, -0.2) is 4.39 Å². The first kappa shape index (κ1) is 23.7. The second-order valence-corrected chi connectivity index (χ2v) is 10.3. The number of nitrogens with one attached hydrogen (secondary N) is 1. The molecule has 5 nitrogen and oxygen atoms in total. The number of hydrogen-bond donors (Lipinski definition) is 1. The Morgan fingerprint density at radius 2 is 1.97 bits per heavy atom. The zero-order valence-electron chi connectivity index (χ0n) is 17.6. The third-order valence-electron chi connectivity index (χ3n) is 5.70. The molecular formula is C22H19ClF4N2O3S. The smallest absolute Gasteiger partial charge is 0.384 e. The number of aryl methyl sites for hydroxylation is 1. The van der Waals surface area contributed by atoms with Crippen LogP contribution in [0.25, 0.3) is 0 Å². The minimum atomic E-state index is -4.70. The molecule has 0 bridgehead atoms. The van der Waals surface area contributed by atoms with Gasteiger partial charge in [0.1, 0.15) is 5.82 Å². The lowest BCUT2D eigenvalue weighted by Crippen LogP contribution is -2.50. The number of alkyl halides is 3. The average Bonchev–Trinajstić information content (AvgIpc) is 3.10. The van der Waals surface area contributed by atoms with Gasteiger partial charge in [0.05, 0.1) is 22.3 Å². The molecule has 2 aliphatic heterocycles. The van der Waals surface area contributed by atoms with E-state index >= 15 is 0 Å². The van der Waals surface area contributed by atoms with Crippen molar-refractivity contribution in [3.8, 4) is 0 Å². The molecule has 1 unspecified atom stereocenters. The van der Waals surface area contributed by atoms with Gasteiger partial charge in [-0.1, -0.05) is 22.8 Å². The van der Waals surface area contributed by atoms with Gasteiger partial charge < -0.3 is 10.2 Å². The molecule has 176 valence electrons. The van der Waals surface area contributed by atoms with Gasteiger partial charge in [-0.15, -0.1) is 0 Å². The van der Waals surface area contributed by atoms with Crippen molar-refractivity contribution in [2.24, 2.45) is 5.16 Å². The second kappa shape index (κ2) is 8.39. The average molecular weight is 503 g/mol. The topological polar surface area (TPSA) is 67.8 Å². The Morgan fingerprint density at radius 3 is 2.58 bits per heavy atom. The molecule has 0 radical (unpaired) electrons. The van der Waals surface area contributed by atoms with Gasteiger partial charge in [0, 0.05) is 39.9 Å². The first-order valence-corrected chi connectivity index (χ1v) is 11.8. The fraction of sp³-hybridized carbons (Fsp3) is 0.364. The van der Waals surface area contributed by atoms with Crippen molar-refractivity contribution < 1.29 is 31.4 Å². The highest BCUT2D eigenvalue weighted by molar-refractivity contribution is 7.86. The van der Waals surface area contributed by atoms with E-state index in [2.05, 4.69) is 10.5 Å². The quantitative estimate of drug-likeness (QED) is 0.616. The molecule has 33 heavy (non-hydrogen) atoms. The van der Waals surface area contributed by atoms with Crippen LogP contribution in [-0.4, -0.2) is 33.4 Å². The summed E-state index contributed by atoms with van der Waals surface area (Å²) in [6.07, 6.45) is -4.70. The molecule has 11 heteroatoms. The predicted octanol–water partition coefficient (Wildman–Crippen LogP) is 4.71. The van der Waals surface area contributed by atoms with E-state index in [-0.39, 0.29) is 23.9 Å². The molecule has 0 aliphatic carbocycles. The van der Waals surface area contributed by atoms with Crippen molar-refractivity contribution in [3.05, 3.63) is 69.0 Å². The predicted molar refractivity (Wildman–Crippen MR) is 116 cm³/mol. The molecule has 1 N–H and O–H groups in total. The molecule has 1 fully saturated rings. The van der Waals surface area contributed by atoms with E-state index in [4.69, 9.17) is 16.4 Å². The highest BCUT2D eigenvalue weighted by atomic mass is 35.5. The van der Waals surface area contributed by atoms with Crippen molar-refractivity contribution in [3.63, 3.8) is 0 Å². The van der Waals surface area contributed by atoms with Crippen LogP contribution in [0.2, 0.25) is 5.02 Å². The number of carbonyl (C=O) groups is 1. The van der Waals surface area contributed by atoms with Crippen LogP contribution in [0.5, 0.6) is 0 Å². The summed E-state index contributed by atoms with van der Waals surface area (Å²) in [5, 5.41) is 6.15. The molecule has 0 spiro atoms. The largest absolute Gasteiger partial charge is 0.416 e. The Kier molecular flexibility index (Phi) is 6.03. The van der Waals surface area contributed by atoms with Crippen LogP contribution < -0.4 is 5.32 Å². The molecule has 0 aromatic heterocycles. The molecule has 2 heterocycles. The summed E-state index contributed by atoms with van der Waals surface area (Å²) in [7, 11) is -0.881. The Morgan fingerprint density at radius 1 is 1.27 bits per heavy atom. The maximum atomic E-state index is 14.7. The van der Waals surface area contributed by atoms with Crippen LogP contribution >= 0.6 is 11.6 Å². The van der Waals surface area contributed by atoms with Gasteiger partial charge >= 0.3 is 6.18 Å². The summed E-state index contributed by atoms with van der Waals surface area (Å²) in [4.78, 5) is 17.9. The monoisotopic (exact) mass is 502 g/mol. The first-order valence-electron chi connectivity index (χ1n) is 9.96. The van der Waals surface area contributed by atoms with Crippen molar-refractivity contribution in [2.45, 2.75) is 38.1 Å². The van der Waals surface area contributed by atoms with Gasteiger partial charge in [-0.3, -0.25) is 9.00 Å². The van der Waals surface area contributed by atoms with Crippen molar-refractivity contribution in [1.82, 2.24) is 5.32 Å². The summed E-state index contributed by atoms with van der Waals surface area (Å²) in [6.45, 7) is 3.18. The molecule has 2 aliphatic rings. The Hall–Kier alpha value is -2.46. The molecule has 1 amide bonds. The molecule has 1 saturated heterocycles. The number of nitrogens with zero attached hydrogens (tertiary/aromatic N) is 1. The zero-order valence-corrected chi connectivity index (χ0v) is 19.1. The molecule has 2 aromatic carbocycles. The lowest BCUT2D eigenvalue weighted by atomic mass is 9.87. The number of hydrogen-bond acceptors (Lipinski definition) is 4. The molecule has 0 saturated carbocycles. The minimum Gasteiger partial charge on any atom is -0.384 e. The summed E-state index contributed by atoms with van der Waals surface area (Å²) in [5.41, 5.74) is -0.834. The van der Waals surface area contributed by atoms with Crippen LogP contribution in [0.1, 0.15) is 46.0 Å². The van der Waals surface area contributed by atoms with E-state index < -0.39 is 39.0 Å². The molecule has 4 rings (SSSR count). The number of halogens is 5. The highest BCUT2D eigenvalue weighted by Crippen LogP contribution is 2.42. The van der Waals surface area contributed by atoms with Crippen LogP contribution in [0.3, 0.4) is 0 Å². The number of oxime groups is 1. The van der Waals surface area contributed by atoms with Gasteiger partial charge in [-0.05, 0) is 49.2 Å². The van der Waals surface area contributed by atoms with E-state index in [1.54, 1.807) is 25.1 Å². The SMILES string of the molecule is Cc1cc(C2=NOC(C)(c3cc(C(F)(F)F)cc(Cl)c3F)C2)ccc1C(=O)NC1CS(=O)C1. The van der Waals surface area contributed by atoms with E-state index in [0.29, 0.717) is 46.0 Å². The van der Waals surface area contributed by atoms with E-state index in [9.17, 15) is 26.6 Å². The summed E-state index contributed by atoms with van der Waals surface area (Å²) < 4.78 is 65.5. The van der Waals surface area contributed by atoms with Crippen molar-refractivity contribution in [1.29, 1.82) is 0 Å². The maximum Gasteiger partial charge on any atom is 0.416 e. The molecule has 2 aromatic rings. The number of benzene rings is 2.